The van der Waals surface area contributed by atoms with Crippen molar-refractivity contribution >= 4 is 27.7 Å². The van der Waals surface area contributed by atoms with Gasteiger partial charge in [-0.15, -0.1) is 10.2 Å². The van der Waals surface area contributed by atoms with E-state index in [-0.39, 0.29) is 17.4 Å². The van der Waals surface area contributed by atoms with Crippen LogP contribution in [0.1, 0.15) is 16.1 Å². The highest BCUT2D eigenvalue weighted by Gasteiger charge is 2.10. The monoisotopic (exact) mass is 352 g/mol. The molecular formula is C14H14BrFN4O. The van der Waals surface area contributed by atoms with Crippen LogP contribution in [0, 0.1) is 5.82 Å². The van der Waals surface area contributed by atoms with Crippen molar-refractivity contribution in [2.45, 2.75) is 6.54 Å². The highest BCUT2D eigenvalue weighted by molar-refractivity contribution is 9.10. The maximum atomic E-state index is 13.7. The van der Waals surface area contributed by atoms with E-state index < -0.39 is 0 Å². The van der Waals surface area contributed by atoms with E-state index in [0.717, 1.165) is 4.47 Å². The van der Waals surface area contributed by atoms with E-state index in [1.54, 1.807) is 36.2 Å². The topological polar surface area (TPSA) is 58.1 Å². The highest BCUT2D eigenvalue weighted by atomic mass is 79.9. The summed E-state index contributed by atoms with van der Waals surface area (Å²) in [5, 5.41) is 10.3. The zero-order valence-corrected chi connectivity index (χ0v) is 13.2. The van der Waals surface area contributed by atoms with Gasteiger partial charge in [-0.05, 0) is 30.3 Å². The second-order valence-electron chi connectivity index (χ2n) is 4.45. The summed E-state index contributed by atoms with van der Waals surface area (Å²) < 4.78 is 14.5. The number of anilines is 1. The Labute approximate surface area is 130 Å². The first-order valence-electron chi connectivity index (χ1n) is 6.22. The van der Waals surface area contributed by atoms with E-state index in [1.807, 2.05) is 0 Å². The average Bonchev–Trinajstić information content (AvgIpc) is 2.50. The Balaban J connectivity index is 2.14. The van der Waals surface area contributed by atoms with Gasteiger partial charge in [0.15, 0.2) is 11.5 Å². The lowest BCUT2D eigenvalue weighted by molar-refractivity contribution is 0.0957. The predicted octanol–water partition coefficient (Wildman–Crippen LogP) is 2.37. The van der Waals surface area contributed by atoms with Crippen LogP contribution in [-0.2, 0) is 6.54 Å². The van der Waals surface area contributed by atoms with Crippen molar-refractivity contribution in [3.63, 3.8) is 0 Å². The molecule has 1 aromatic heterocycles. The van der Waals surface area contributed by atoms with Crippen LogP contribution in [0.3, 0.4) is 0 Å². The molecule has 0 atom stereocenters. The van der Waals surface area contributed by atoms with Crippen LogP contribution in [0.4, 0.5) is 10.2 Å². The number of carbonyl (C=O) groups excluding carboxylic acids is 1. The minimum absolute atomic E-state index is 0.239. The van der Waals surface area contributed by atoms with Crippen LogP contribution in [0.2, 0.25) is 0 Å². The molecule has 0 aliphatic heterocycles. The quantitative estimate of drug-likeness (QED) is 0.917. The Morgan fingerprint density at radius 1 is 1.33 bits per heavy atom. The molecule has 0 saturated carbocycles. The highest BCUT2D eigenvalue weighted by Crippen LogP contribution is 2.19. The maximum absolute atomic E-state index is 13.7. The number of halogens is 2. The molecule has 0 bridgehead atoms. The van der Waals surface area contributed by atoms with E-state index >= 15 is 0 Å². The van der Waals surface area contributed by atoms with E-state index in [0.29, 0.717) is 17.9 Å². The van der Waals surface area contributed by atoms with Crippen LogP contribution in [0.15, 0.2) is 34.8 Å². The lowest BCUT2D eigenvalue weighted by Gasteiger charge is -2.18. The summed E-state index contributed by atoms with van der Waals surface area (Å²) in [6.45, 7) is 0.347. The van der Waals surface area contributed by atoms with Gasteiger partial charge in [0.25, 0.3) is 5.91 Å². The van der Waals surface area contributed by atoms with Crippen molar-refractivity contribution in [2.75, 3.05) is 19.0 Å². The van der Waals surface area contributed by atoms with Crippen molar-refractivity contribution < 1.29 is 9.18 Å². The van der Waals surface area contributed by atoms with Gasteiger partial charge in [-0.3, -0.25) is 4.79 Å². The number of aromatic nitrogens is 2. The summed E-state index contributed by atoms with van der Waals surface area (Å²) in [5.41, 5.74) is 0.785. The van der Waals surface area contributed by atoms with Crippen LogP contribution in [0.25, 0.3) is 0 Å². The number of nitrogens with one attached hydrogen (secondary N) is 1. The first-order chi connectivity index (χ1) is 10.0. The van der Waals surface area contributed by atoms with Crippen LogP contribution in [0.5, 0.6) is 0 Å². The number of nitrogens with zero attached hydrogens (tertiary/aromatic N) is 3. The van der Waals surface area contributed by atoms with Gasteiger partial charge in [-0.25, -0.2) is 4.39 Å². The minimum Gasteiger partial charge on any atom is -0.354 e. The molecule has 0 unspecified atom stereocenters. The molecule has 0 aliphatic carbocycles. The van der Waals surface area contributed by atoms with Gasteiger partial charge in [-0.2, -0.15) is 0 Å². The third kappa shape index (κ3) is 3.75. The fourth-order valence-electron chi connectivity index (χ4n) is 1.78. The van der Waals surface area contributed by atoms with Gasteiger partial charge < -0.3 is 10.2 Å². The minimum atomic E-state index is -0.297. The van der Waals surface area contributed by atoms with Crippen molar-refractivity contribution in [3.8, 4) is 0 Å². The first-order valence-corrected chi connectivity index (χ1v) is 7.01. The molecular weight excluding hydrogens is 339 g/mol. The molecule has 2 rings (SSSR count). The van der Waals surface area contributed by atoms with E-state index in [2.05, 4.69) is 31.4 Å². The molecule has 5 nitrogen and oxygen atoms in total. The second-order valence-corrected chi connectivity index (χ2v) is 5.36. The normalized spacial score (nSPS) is 10.3. The second kappa shape index (κ2) is 6.62. The zero-order chi connectivity index (χ0) is 15.4. The zero-order valence-electron chi connectivity index (χ0n) is 11.6. The molecule has 0 saturated heterocycles. The summed E-state index contributed by atoms with van der Waals surface area (Å²) in [6, 6.07) is 8.03. The molecule has 0 fully saturated rings. The molecule has 1 N–H and O–H groups in total. The number of carbonyl (C=O) groups is 1. The molecule has 21 heavy (non-hydrogen) atoms. The molecule has 1 heterocycles. The molecule has 7 heteroatoms. The molecule has 0 spiro atoms. The summed E-state index contributed by atoms with van der Waals surface area (Å²) >= 11 is 3.32. The average molecular weight is 353 g/mol. The number of rotatable bonds is 4. The number of hydrogen-bond acceptors (Lipinski definition) is 4. The molecule has 0 radical (unpaired) electrons. The SMILES string of the molecule is CNC(=O)c1ccc(N(C)Cc2cc(Br)ccc2F)nn1. The third-order valence-electron chi connectivity index (χ3n) is 2.92. The Morgan fingerprint density at radius 3 is 2.71 bits per heavy atom. The molecule has 1 amide bonds. The van der Waals surface area contributed by atoms with Crippen molar-refractivity contribution in [1.82, 2.24) is 15.5 Å². The Kier molecular flexibility index (Phi) is 4.85. The standard InChI is InChI=1S/C14H14BrFN4O/c1-17-14(21)12-5-6-13(19-18-12)20(2)8-9-7-10(15)3-4-11(9)16/h3-7H,8H2,1-2H3,(H,17,21). The largest absolute Gasteiger partial charge is 0.354 e. The van der Waals surface area contributed by atoms with Gasteiger partial charge in [0.2, 0.25) is 0 Å². The van der Waals surface area contributed by atoms with Crippen molar-refractivity contribution in [3.05, 3.63) is 51.9 Å². The number of benzene rings is 1. The molecule has 0 aliphatic rings. The van der Waals surface area contributed by atoms with E-state index in [4.69, 9.17) is 0 Å². The molecule has 1 aromatic carbocycles. The summed E-state index contributed by atoms with van der Waals surface area (Å²) in [5.74, 6) is -0.0169. The fourth-order valence-corrected chi connectivity index (χ4v) is 2.19. The Morgan fingerprint density at radius 2 is 2.10 bits per heavy atom. The van der Waals surface area contributed by atoms with E-state index in [1.165, 1.54) is 13.1 Å². The lowest BCUT2D eigenvalue weighted by Crippen LogP contribution is -2.22. The lowest BCUT2D eigenvalue weighted by atomic mass is 10.2. The third-order valence-corrected chi connectivity index (χ3v) is 3.41. The predicted molar refractivity (Wildman–Crippen MR) is 81.6 cm³/mol. The number of hydrogen-bond donors (Lipinski definition) is 1. The van der Waals surface area contributed by atoms with Gasteiger partial charge >= 0.3 is 0 Å². The first kappa shape index (κ1) is 15.4. The summed E-state index contributed by atoms with van der Waals surface area (Å²) in [6.07, 6.45) is 0. The van der Waals surface area contributed by atoms with E-state index in [9.17, 15) is 9.18 Å². The van der Waals surface area contributed by atoms with Gasteiger partial charge in [0.05, 0.1) is 0 Å². The van der Waals surface area contributed by atoms with Crippen molar-refractivity contribution in [2.24, 2.45) is 0 Å². The molecule has 110 valence electrons. The molecule has 2 aromatic rings. The number of amides is 1. The van der Waals surface area contributed by atoms with Gasteiger partial charge in [0.1, 0.15) is 5.82 Å². The van der Waals surface area contributed by atoms with Crippen LogP contribution < -0.4 is 10.2 Å². The smallest absolute Gasteiger partial charge is 0.271 e. The van der Waals surface area contributed by atoms with Gasteiger partial charge in [0, 0.05) is 30.7 Å². The Bertz CT molecular complexity index is 648. The fraction of sp³-hybridized carbons (Fsp3) is 0.214. The maximum Gasteiger partial charge on any atom is 0.271 e. The van der Waals surface area contributed by atoms with Crippen LogP contribution in [-0.4, -0.2) is 30.2 Å². The van der Waals surface area contributed by atoms with Crippen molar-refractivity contribution in [1.29, 1.82) is 0 Å². The summed E-state index contributed by atoms with van der Waals surface area (Å²) in [7, 11) is 3.31. The van der Waals surface area contributed by atoms with Gasteiger partial charge in [-0.1, -0.05) is 15.9 Å². The summed E-state index contributed by atoms with van der Waals surface area (Å²) in [4.78, 5) is 13.1. The Hall–Kier alpha value is -2.02. The van der Waals surface area contributed by atoms with Crippen LogP contribution >= 0.6 is 15.9 Å².